The molecule has 1 N–H and O–H groups in total. The molecule has 2 aromatic carbocycles. The number of carbonyl (C=O) groups is 1. The zero-order chi connectivity index (χ0) is 16.8. The molecule has 1 amide bonds. The van der Waals surface area contributed by atoms with Crippen LogP contribution in [0.1, 0.15) is 33.8 Å². The van der Waals surface area contributed by atoms with E-state index in [1.165, 1.54) is 0 Å². The molecule has 0 radical (unpaired) electrons. The van der Waals surface area contributed by atoms with Crippen molar-refractivity contribution in [3.05, 3.63) is 88.1 Å². The van der Waals surface area contributed by atoms with Crippen LogP contribution in [0.2, 0.25) is 0 Å². The highest BCUT2D eigenvalue weighted by Gasteiger charge is 2.12. The maximum absolute atomic E-state index is 12.3. The third-order valence-corrected chi connectivity index (χ3v) is 4.74. The number of hydrogen-bond acceptors (Lipinski definition) is 3. The molecular weight excluding hydrogens is 318 g/mol. The highest BCUT2D eigenvalue weighted by atomic mass is 32.1. The summed E-state index contributed by atoms with van der Waals surface area (Å²) in [7, 11) is 0. The van der Waals surface area contributed by atoms with Crippen LogP contribution in [-0.4, -0.2) is 5.91 Å². The van der Waals surface area contributed by atoms with Gasteiger partial charge in [0.25, 0.3) is 5.91 Å². The minimum atomic E-state index is -0.0782. The summed E-state index contributed by atoms with van der Waals surface area (Å²) in [5.41, 5.74) is 1.74. The summed E-state index contributed by atoms with van der Waals surface area (Å²) in [6.45, 7) is 2.50. The summed E-state index contributed by atoms with van der Waals surface area (Å²) in [5, 5.41) is 5.02. The first-order valence-electron chi connectivity index (χ1n) is 7.83. The van der Waals surface area contributed by atoms with Crippen LogP contribution < -0.4 is 10.1 Å². The molecule has 0 aliphatic rings. The summed E-state index contributed by atoms with van der Waals surface area (Å²) >= 11 is 1.64. The van der Waals surface area contributed by atoms with Crippen molar-refractivity contribution in [1.29, 1.82) is 0 Å². The Morgan fingerprint density at radius 2 is 1.79 bits per heavy atom. The zero-order valence-electron chi connectivity index (χ0n) is 13.4. The van der Waals surface area contributed by atoms with Gasteiger partial charge in [-0.1, -0.05) is 36.4 Å². The van der Waals surface area contributed by atoms with Crippen LogP contribution in [0.25, 0.3) is 0 Å². The van der Waals surface area contributed by atoms with Gasteiger partial charge in [0.15, 0.2) is 0 Å². The lowest BCUT2D eigenvalue weighted by Gasteiger charge is -2.12. The maximum atomic E-state index is 12.3. The molecule has 1 atom stereocenters. The number of hydrogen-bond donors (Lipinski definition) is 1. The Bertz CT molecular complexity index is 767. The molecule has 1 unspecified atom stereocenters. The lowest BCUT2D eigenvalue weighted by atomic mass is 10.2. The number of thiophene rings is 1. The number of ether oxygens (including phenoxy) is 1. The molecule has 4 heteroatoms. The molecule has 0 aliphatic carbocycles. The van der Waals surface area contributed by atoms with Gasteiger partial charge in [-0.05, 0) is 48.2 Å². The fourth-order valence-electron chi connectivity index (χ4n) is 2.33. The number of amides is 1. The molecule has 0 saturated carbocycles. The second-order valence-corrected chi connectivity index (χ2v) is 6.49. The molecule has 0 fully saturated rings. The predicted octanol–water partition coefficient (Wildman–Crippen LogP) is 4.82. The first kappa shape index (κ1) is 16.3. The largest absolute Gasteiger partial charge is 0.489 e. The SMILES string of the molecule is CC(NC(=O)c1ccc(OCc2ccccc2)cc1)c1cccs1. The van der Waals surface area contributed by atoms with E-state index in [1.54, 1.807) is 23.5 Å². The van der Waals surface area contributed by atoms with Gasteiger partial charge in [-0.15, -0.1) is 11.3 Å². The van der Waals surface area contributed by atoms with Gasteiger partial charge in [-0.2, -0.15) is 0 Å². The second-order valence-electron chi connectivity index (χ2n) is 5.51. The smallest absolute Gasteiger partial charge is 0.251 e. The van der Waals surface area contributed by atoms with Crippen LogP contribution in [0, 0.1) is 0 Å². The van der Waals surface area contributed by atoms with Gasteiger partial charge in [-0.3, -0.25) is 4.79 Å². The van der Waals surface area contributed by atoms with Crippen molar-refractivity contribution in [1.82, 2.24) is 5.32 Å². The van der Waals surface area contributed by atoms with Crippen molar-refractivity contribution in [2.45, 2.75) is 19.6 Å². The molecular formula is C20H19NO2S. The molecule has 122 valence electrons. The van der Waals surface area contributed by atoms with Gasteiger partial charge in [-0.25, -0.2) is 0 Å². The summed E-state index contributed by atoms with van der Waals surface area (Å²) < 4.78 is 5.74. The summed E-state index contributed by atoms with van der Waals surface area (Å²) in [6, 6.07) is 21.2. The van der Waals surface area contributed by atoms with Crippen molar-refractivity contribution in [3.8, 4) is 5.75 Å². The maximum Gasteiger partial charge on any atom is 0.251 e. The second kappa shape index (κ2) is 7.79. The van der Waals surface area contributed by atoms with E-state index in [0.717, 1.165) is 16.2 Å². The number of benzene rings is 2. The van der Waals surface area contributed by atoms with E-state index >= 15 is 0 Å². The van der Waals surface area contributed by atoms with Crippen LogP contribution in [-0.2, 0) is 6.61 Å². The Morgan fingerprint density at radius 1 is 1.04 bits per heavy atom. The molecule has 1 heterocycles. The van der Waals surface area contributed by atoms with Crippen molar-refractivity contribution in [2.75, 3.05) is 0 Å². The number of rotatable bonds is 6. The van der Waals surface area contributed by atoms with Gasteiger partial charge >= 0.3 is 0 Å². The third-order valence-electron chi connectivity index (χ3n) is 3.68. The Balaban J connectivity index is 1.56. The van der Waals surface area contributed by atoms with E-state index in [4.69, 9.17) is 4.74 Å². The molecule has 0 spiro atoms. The summed E-state index contributed by atoms with van der Waals surface area (Å²) in [6.07, 6.45) is 0. The van der Waals surface area contributed by atoms with Gasteiger partial charge in [0.1, 0.15) is 12.4 Å². The van der Waals surface area contributed by atoms with E-state index in [2.05, 4.69) is 5.32 Å². The monoisotopic (exact) mass is 337 g/mol. The molecule has 3 aromatic rings. The van der Waals surface area contributed by atoms with Crippen LogP contribution in [0.4, 0.5) is 0 Å². The standard InChI is InChI=1S/C20H19NO2S/c1-15(19-8-5-13-24-19)21-20(22)17-9-11-18(12-10-17)23-14-16-6-3-2-4-7-16/h2-13,15H,14H2,1H3,(H,21,22). The first-order valence-corrected chi connectivity index (χ1v) is 8.71. The Hall–Kier alpha value is -2.59. The fraction of sp³-hybridized carbons (Fsp3) is 0.150. The molecule has 3 rings (SSSR count). The highest BCUT2D eigenvalue weighted by Crippen LogP contribution is 2.19. The van der Waals surface area contributed by atoms with E-state index in [-0.39, 0.29) is 11.9 Å². The highest BCUT2D eigenvalue weighted by molar-refractivity contribution is 7.10. The third kappa shape index (κ3) is 4.24. The van der Waals surface area contributed by atoms with Gasteiger partial charge in [0.05, 0.1) is 6.04 Å². The molecule has 24 heavy (non-hydrogen) atoms. The van der Waals surface area contributed by atoms with Crippen molar-refractivity contribution in [3.63, 3.8) is 0 Å². The van der Waals surface area contributed by atoms with E-state index < -0.39 is 0 Å². The Labute approximate surface area is 145 Å². The molecule has 0 bridgehead atoms. The van der Waals surface area contributed by atoms with E-state index in [0.29, 0.717) is 12.2 Å². The normalized spacial score (nSPS) is 11.7. The first-order chi connectivity index (χ1) is 11.7. The van der Waals surface area contributed by atoms with Crippen LogP contribution in [0.3, 0.4) is 0 Å². The van der Waals surface area contributed by atoms with Crippen molar-refractivity contribution in [2.24, 2.45) is 0 Å². The van der Waals surface area contributed by atoms with Crippen LogP contribution in [0.15, 0.2) is 72.1 Å². The number of nitrogens with one attached hydrogen (secondary N) is 1. The van der Waals surface area contributed by atoms with Crippen molar-refractivity contribution >= 4 is 17.2 Å². The quantitative estimate of drug-likeness (QED) is 0.700. The van der Waals surface area contributed by atoms with Crippen molar-refractivity contribution < 1.29 is 9.53 Å². The fourth-order valence-corrected chi connectivity index (χ4v) is 3.07. The van der Waals surface area contributed by atoms with Crippen LogP contribution in [0.5, 0.6) is 5.75 Å². The van der Waals surface area contributed by atoms with E-state index in [9.17, 15) is 4.79 Å². The summed E-state index contributed by atoms with van der Waals surface area (Å²) in [5.74, 6) is 0.673. The van der Waals surface area contributed by atoms with E-state index in [1.807, 2.05) is 66.9 Å². The van der Waals surface area contributed by atoms with Crippen LogP contribution >= 0.6 is 11.3 Å². The summed E-state index contributed by atoms with van der Waals surface area (Å²) in [4.78, 5) is 13.4. The van der Waals surface area contributed by atoms with Gasteiger partial charge in [0.2, 0.25) is 0 Å². The van der Waals surface area contributed by atoms with Gasteiger partial charge in [0, 0.05) is 10.4 Å². The molecule has 1 aromatic heterocycles. The number of carbonyl (C=O) groups excluding carboxylic acids is 1. The minimum Gasteiger partial charge on any atom is -0.489 e. The lowest BCUT2D eigenvalue weighted by molar-refractivity contribution is 0.0940. The Morgan fingerprint density at radius 3 is 2.46 bits per heavy atom. The molecule has 0 aliphatic heterocycles. The zero-order valence-corrected chi connectivity index (χ0v) is 14.3. The minimum absolute atomic E-state index is 0.00603. The average Bonchev–Trinajstić information content (AvgIpc) is 3.16. The lowest BCUT2D eigenvalue weighted by Crippen LogP contribution is -2.25. The topological polar surface area (TPSA) is 38.3 Å². The molecule has 0 saturated heterocycles. The molecule has 3 nitrogen and oxygen atoms in total. The Kier molecular flexibility index (Phi) is 5.29. The average molecular weight is 337 g/mol. The predicted molar refractivity (Wildman–Crippen MR) is 97.4 cm³/mol. The van der Waals surface area contributed by atoms with Gasteiger partial charge < -0.3 is 10.1 Å².